The van der Waals surface area contributed by atoms with Crippen molar-refractivity contribution >= 4 is 11.3 Å². The van der Waals surface area contributed by atoms with E-state index in [0.717, 1.165) is 12.3 Å². The van der Waals surface area contributed by atoms with Crippen molar-refractivity contribution in [3.63, 3.8) is 0 Å². The molecule has 2 nitrogen and oxygen atoms in total. The Bertz CT molecular complexity index is 355. The highest BCUT2D eigenvalue weighted by atomic mass is 32.1. The van der Waals surface area contributed by atoms with E-state index >= 15 is 0 Å². The number of hydrogen-bond donors (Lipinski definition) is 1. The average Bonchev–Trinajstić information content (AvgIpc) is 3.01. The first kappa shape index (κ1) is 11.1. The zero-order valence-corrected chi connectivity index (χ0v) is 10.9. The summed E-state index contributed by atoms with van der Waals surface area (Å²) >= 11 is 1.87. The van der Waals surface area contributed by atoms with Crippen molar-refractivity contribution in [1.29, 1.82) is 0 Å². The van der Waals surface area contributed by atoms with Gasteiger partial charge in [-0.2, -0.15) is 0 Å². The normalized spacial score (nSPS) is 20.3. The molecular formula is C12H20N2S. The first-order valence-electron chi connectivity index (χ1n) is 5.77. The summed E-state index contributed by atoms with van der Waals surface area (Å²) in [6.45, 7) is 6.66. The van der Waals surface area contributed by atoms with E-state index in [1.807, 2.05) is 11.3 Å². The van der Waals surface area contributed by atoms with E-state index < -0.39 is 0 Å². The maximum atomic E-state index is 4.79. The van der Waals surface area contributed by atoms with Crippen molar-refractivity contribution in [2.45, 2.75) is 45.6 Å². The van der Waals surface area contributed by atoms with E-state index in [9.17, 15) is 0 Å². The van der Waals surface area contributed by atoms with Crippen molar-refractivity contribution in [3.05, 3.63) is 15.6 Å². The van der Waals surface area contributed by atoms with E-state index in [1.165, 1.54) is 28.4 Å². The van der Waals surface area contributed by atoms with Crippen LogP contribution in [0.3, 0.4) is 0 Å². The predicted molar refractivity (Wildman–Crippen MR) is 65.4 cm³/mol. The zero-order valence-electron chi connectivity index (χ0n) is 10.1. The van der Waals surface area contributed by atoms with Crippen molar-refractivity contribution in [1.82, 2.24) is 10.3 Å². The Morgan fingerprint density at radius 3 is 2.60 bits per heavy atom. The molecule has 1 saturated carbocycles. The first-order chi connectivity index (χ1) is 7.11. The number of thiazole rings is 1. The molecule has 15 heavy (non-hydrogen) atoms. The smallest absolute Gasteiger partial charge is 0.113 e. The third-order valence-corrected chi connectivity index (χ3v) is 4.84. The lowest BCUT2D eigenvalue weighted by molar-refractivity contribution is 0.344. The monoisotopic (exact) mass is 224 g/mol. The Hall–Kier alpha value is -0.410. The number of aromatic nitrogens is 1. The summed E-state index contributed by atoms with van der Waals surface area (Å²) in [6, 6.07) is 0. The van der Waals surface area contributed by atoms with Crippen molar-refractivity contribution in [3.8, 4) is 0 Å². The molecule has 3 heteroatoms. The molecule has 0 amide bonds. The molecule has 1 N–H and O–H groups in total. The fraction of sp³-hybridized carbons (Fsp3) is 0.750. The largest absolute Gasteiger partial charge is 0.308 e. The molecule has 0 aliphatic heterocycles. The van der Waals surface area contributed by atoms with Gasteiger partial charge in [-0.25, -0.2) is 4.98 Å². The maximum Gasteiger partial charge on any atom is 0.113 e. The molecule has 0 saturated heterocycles. The Balaban J connectivity index is 2.33. The van der Waals surface area contributed by atoms with Gasteiger partial charge in [0.15, 0.2) is 0 Å². The summed E-state index contributed by atoms with van der Waals surface area (Å²) in [5.74, 6) is 0.790. The molecule has 1 aromatic heterocycles. The van der Waals surface area contributed by atoms with Gasteiger partial charge in [-0.15, -0.1) is 11.3 Å². The van der Waals surface area contributed by atoms with Crippen LogP contribution in [0.1, 0.15) is 42.3 Å². The van der Waals surface area contributed by atoms with Crippen LogP contribution >= 0.6 is 11.3 Å². The molecule has 1 aromatic rings. The van der Waals surface area contributed by atoms with Gasteiger partial charge in [-0.05, 0) is 46.1 Å². The van der Waals surface area contributed by atoms with Crippen LogP contribution in [0.2, 0.25) is 0 Å². The average molecular weight is 224 g/mol. The van der Waals surface area contributed by atoms with Gasteiger partial charge in [0, 0.05) is 4.88 Å². The van der Waals surface area contributed by atoms with Crippen LogP contribution in [0.5, 0.6) is 0 Å². The molecule has 0 spiro atoms. The second-order valence-corrected chi connectivity index (χ2v) is 5.81. The Morgan fingerprint density at radius 1 is 1.53 bits per heavy atom. The molecule has 0 aromatic carbocycles. The third kappa shape index (κ3) is 1.83. The second-order valence-electron chi connectivity index (χ2n) is 4.60. The third-order valence-electron chi connectivity index (χ3n) is 3.59. The molecule has 2 rings (SSSR count). The molecule has 1 aliphatic carbocycles. The lowest BCUT2D eigenvalue weighted by Crippen LogP contribution is -2.38. The van der Waals surface area contributed by atoms with Gasteiger partial charge in [0.1, 0.15) is 5.01 Å². The summed E-state index contributed by atoms with van der Waals surface area (Å²) in [7, 11) is 2.06. The molecule has 84 valence electrons. The summed E-state index contributed by atoms with van der Waals surface area (Å²) in [4.78, 5) is 6.17. The summed E-state index contributed by atoms with van der Waals surface area (Å²) in [6.07, 6.45) is 3.74. The topological polar surface area (TPSA) is 24.9 Å². The number of nitrogens with zero attached hydrogens (tertiary/aromatic N) is 1. The van der Waals surface area contributed by atoms with Crippen molar-refractivity contribution < 1.29 is 0 Å². The van der Waals surface area contributed by atoms with Crippen LogP contribution < -0.4 is 5.32 Å². The number of nitrogens with one attached hydrogen (secondary N) is 1. The number of hydrogen-bond acceptors (Lipinski definition) is 3. The lowest BCUT2D eigenvalue weighted by atomic mass is 9.97. The lowest BCUT2D eigenvalue weighted by Gasteiger charge is -2.26. The van der Waals surface area contributed by atoms with Crippen LogP contribution in [0.25, 0.3) is 0 Å². The van der Waals surface area contributed by atoms with Gasteiger partial charge in [0.05, 0.1) is 11.2 Å². The molecule has 0 bridgehead atoms. The van der Waals surface area contributed by atoms with E-state index in [4.69, 9.17) is 4.98 Å². The van der Waals surface area contributed by atoms with Crippen molar-refractivity contribution in [2.75, 3.05) is 7.05 Å². The van der Waals surface area contributed by atoms with Gasteiger partial charge in [0.25, 0.3) is 0 Å². The minimum absolute atomic E-state index is 0.114. The summed E-state index contributed by atoms with van der Waals surface area (Å²) in [5, 5.41) is 4.75. The second kappa shape index (κ2) is 3.87. The summed E-state index contributed by atoms with van der Waals surface area (Å²) < 4.78 is 0. The van der Waals surface area contributed by atoms with Crippen LogP contribution in [0.4, 0.5) is 0 Å². The van der Waals surface area contributed by atoms with E-state index in [2.05, 4.69) is 33.1 Å². The minimum atomic E-state index is 0.114. The van der Waals surface area contributed by atoms with Crippen molar-refractivity contribution in [2.24, 2.45) is 5.92 Å². The molecule has 0 radical (unpaired) electrons. The Morgan fingerprint density at radius 2 is 2.20 bits per heavy atom. The van der Waals surface area contributed by atoms with Gasteiger partial charge in [-0.3, -0.25) is 0 Å². The number of rotatable bonds is 4. The zero-order chi connectivity index (χ0) is 11.1. The van der Waals surface area contributed by atoms with Crippen LogP contribution in [0, 0.1) is 12.8 Å². The predicted octanol–water partition coefficient (Wildman–Crippen LogP) is 2.86. The molecule has 1 heterocycles. The molecular weight excluding hydrogens is 204 g/mol. The highest BCUT2D eigenvalue weighted by molar-refractivity contribution is 7.11. The molecule has 1 fully saturated rings. The van der Waals surface area contributed by atoms with E-state index in [-0.39, 0.29) is 5.54 Å². The Kier molecular flexibility index (Phi) is 2.86. The summed E-state index contributed by atoms with van der Waals surface area (Å²) in [5.41, 5.74) is 1.39. The fourth-order valence-electron chi connectivity index (χ4n) is 2.12. The molecule has 1 unspecified atom stereocenters. The van der Waals surface area contributed by atoms with Gasteiger partial charge in [-0.1, -0.05) is 6.92 Å². The van der Waals surface area contributed by atoms with E-state index in [0.29, 0.717) is 0 Å². The molecule has 1 atom stereocenters. The highest BCUT2D eigenvalue weighted by Crippen LogP contribution is 2.46. The minimum Gasteiger partial charge on any atom is -0.308 e. The van der Waals surface area contributed by atoms with Gasteiger partial charge in [0.2, 0.25) is 0 Å². The maximum absolute atomic E-state index is 4.79. The SMILES string of the molecule is CCc1nc(C(C)(NC)C2CC2)sc1C. The molecule has 1 aliphatic rings. The Labute approximate surface area is 96.1 Å². The van der Waals surface area contributed by atoms with Gasteiger partial charge < -0.3 is 5.32 Å². The van der Waals surface area contributed by atoms with Crippen LogP contribution in [0.15, 0.2) is 0 Å². The quantitative estimate of drug-likeness (QED) is 0.850. The van der Waals surface area contributed by atoms with E-state index in [1.54, 1.807) is 0 Å². The first-order valence-corrected chi connectivity index (χ1v) is 6.59. The van der Waals surface area contributed by atoms with Gasteiger partial charge >= 0.3 is 0 Å². The van der Waals surface area contributed by atoms with Crippen LogP contribution in [-0.2, 0) is 12.0 Å². The standard InChI is InChI=1S/C12H20N2S/c1-5-10-8(2)15-11(14-10)12(3,13-4)9-6-7-9/h9,13H,5-7H2,1-4H3. The highest BCUT2D eigenvalue weighted by Gasteiger charge is 2.43. The van der Waals surface area contributed by atoms with Crippen LogP contribution in [-0.4, -0.2) is 12.0 Å². The fourth-order valence-corrected chi connectivity index (χ4v) is 3.36. The number of aryl methyl sites for hydroxylation is 2.